The maximum absolute atomic E-state index is 14.3. The molecule has 1 heterocycles. The van der Waals surface area contributed by atoms with Crippen molar-refractivity contribution >= 4 is 23.2 Å². The molecular formula is C24H18ClF3N2O2. The first-order chi connectivity index (χ1) is 15.4. The molecule has 1 aliphatic rings. The standard InChI is InChI=1S/C24H18ClF3N2O2/c25-17-8-5-15(6-9-17)23-12-19(32-29-23)14-30(13-16-7-10-18(26)11-22(16)28)24(31)20-3-1-2-4-21(20)27/h1-11,19H,12-14H2/t19-/m0/s1. The lowest BCUT2D eigenvalue weighted by Crippen LogP contribution is -2.38. The van der Waals surface area contributed by atoms with Crippen LogP contribution in [-0.2, 0) is 11.4 Å². The van der Waals surface area contributed by atoms with E-state index in [1.807, 2.05) is 12.1 Å². The zero-order valence-corrected chi connectivity index (χ0v) is 17.5. The average Bonchev–Trinajstić information content (AvgIpc) is 3.24. The number of oxime groups is 1. The van der Waals surface area contributed by atoms with Gasteiger partial charge in [0, 0.05) is 29.6 Å². The molecule has 0 N–H and O–H groups in total. The molecule has 4 rings (SSSR count). The van der Waals surface area contributed by atoms with Crippen LogP contribution < -0.4 is 0 Å². The highest BCUT2D eigenvalue weighted by Gasteiger charge is 2.29. The fraction of sp³-hybridized carbons (Fsp3) is 0.167. The molecule has 1 aliphatic heterocycles. The Morgan fingerprint density at radius 1 is 1.03 bits per heavy atom. The maximum atomic E-state index is 14.3. The van der Waals surface area contributed by atoms with Crippen LogP contribution in [0.3, 0.4) is 0 Å². The first kappa shape index (κ1) is 21.9. The lowest BCUT2D eigenvalue weighted by atomic mass is 10.0. The Hall–Kier alpha value is -3.32. The Bertz CT molecular complexity index is 1170. The van der Waals surface area contributed by atoms with Crippen LogP contribution in [0.2, 0.25) is 5.02 Å². The number of rotatable bonds is 6. The Labute approximate surface area is 187 Å². The van der Waals surface area contributed by atoms with Crippen LogP contribution >= 0.6 is 11.6 Å². The smallest absolute Gasteiger partial charge is 0.257 e. The summed E-state index contributed by atoms with van der Waals surface area (Å²) in [6.07, 6.45) is -0.117. The van der Waals surface area contributed by atoms with Crippen molar-refractivity contribution in [2.45, 2.75) is 19.1 Å². The number of hydrogen-bond acceptors (Lipinski definition) is 3. The van der Waals surface area contributed by atoms with Crippen molar-refractivity contribution in [1.29, 1.82) is 0 Å². The Balaban J connectivity index is 1.55. The zero-order chi connectivity index (χ0) is 22.7. The Kier molecular flexibility index (Phi) is 6.46. The third kappa shape index (κ3) is 4.94. The lowest BCUT2D eigenvalue weighted by molar-refractivity contribution is 0.0400. The van der Waals surface area contributed by atoms with Crippen molar-refractivity contribution in [2.75, 3.05) is 6.54 Å². The predicted octanol–water partition coefficient (Wildman–Crippen LogP) is 5.59. The second-order valence-electron chi connectivity index (χ2n) is 7.38. The highest BCUT2D eigenvalue weighted by molar-refractivity contribution is 6.30. The minimum Gasteiger partial charge on any atom is -0.390 e. The summed E-state index contributed by atoms with van der Waals surface area (Å²) in [6, 6.07) is 15.8. The van der Waals surface area contributed by atoms with Gasteiger partial charge >= 0.3 is 0 Å². The first-order valence-corrected chi connectivity index (χ1v) is 10.2. The van der Waals surface area contributed by atoms with Crippen molar-refractivity contribution in [3.8, 4) is 0 Å². The number of hydrogen-bond donors (Lipinski definition) is 0. The second-order valence-corrected chi connectivity index (χ2v) is 7.81. The van der Waals surface area contributed by atoms with Gasteiger partial charge in [-0.3, -0.25) is 4.79 Å². The number of amides is 1. The number of nitrogens with zero attached hydrogens (tertiary/aromatic N) is 2. The molecule has 0 aromatic heterocycles. The highest BCUT2D eigenvalue weighted by atomic mass is 35.5. The van der Waals surface area contributed by atoms with E-state index >= 15 is 0 Å². The van der Waals surface area contributed by atoms with Crippen LogP contribution in [0.25, 0.3) is 0 Å². The molecule has 0 bridgehead atoms. The number of benzene rings is 3. The van der Waals surface area contributed by atoms with Crippen molar-refractivity contribution in [3.05, 3.63) is 106 Å². The summed E-state index contributed by atoms with van der Waals surface area (Å²) in [7, 11) is 0. The van der Waals surface area contributed by atoms with E-state index in [0.29, 0.717) is 17.2 Å². The third-order valence-corrected chi connectivity index (χ3v) is 5.35. The summed E-state index contributed by atoms with van der Waals surface area (Å²) < 4.78 is 41.8. The highest BCUT2D eigenvalue weighted by Crippen LogP contribution is 2.22. The lowest BCUT2D eigenvalue weighted by Gasteiger charge is -2.25. The summed E-state index contributed by atoms with van der Waals surface area (Å²) >= 11 is 5.92. The minimum atomic E-state index is -0.790. The molecule has 8 heteroatoms. The van der Waals surface area contributed by atoms with Gasteiger partial charge in [0.25, 0.3) is 5.91 Å². The summed E-state index contributed by atoms with van der Waals surface area (Å²) in [5.74, 6) is -2.83. The Morgan fingerprint density at radius 2 is 1.78 bits per heavy atom. The van der Waals surface area contributed by atoms with Crippen LogP contribution in [-0.4, -0.2) is 29.2 Å². The van der Waals surface area contributed by atoms with E-state index in [2.05, 4.69) is 5.16 Å². The molecule has 0 saturated heterocycles. The summed E-state index contributed by atoms with van der Waals surface area (Å²) in [4.78, 5) is 19.9. The van der Waals surface area contributed by atoms with Crippen LogP contribution in [0, 0.1) is 17.5 Å². The maximum Gasteiger partial charge on any atom is 0.257 e. The predicted molar refractivity (Wildman–Crippen MR) is 115 cm³/mol. The third-order valence-electron chi connectivity index (χ3n) is 5.10. The van der Waals surface area contributed by atoms with Gasteiger partial charge in [-0.1, -0.05) is 47.1 Å². The zero-order valence-electron chi connectivity index (χ0n) is 16.8. The minimum absolute atomic E-state index is 0.0323. The molecule has 0 saturated carbocycles. The molecule has 3 aromatic carbocycles. The first-order valence-electron chi connectivity index (χ1n) is 9.87. The van der Waals surface area contributed by atoms with E-state index in [1.165, 1.54) is 29.2 Å². The molecule has 3 aromatic rings. The SMILES string of the molecule is O=C(c1ccccc1F)N(Cc1ccc(F)cc1F)C[C@@H]1CC(c2ccc(Cl)cc2)=NO1. The van der Waals surface area contributed by atoms with Gasteiger partial charge in [0.15, 0.2) is 6.10 Å². The number of carbonyl (C=O) groups is 1. The quantitative estimate of drug-likeness (QED) is 0.483. The second kappa shape index (κ2) is 9.44. The molecule has 0 aliphatic carbocycles. The molecule has 0 spiro atoms. The van der Waals surface area contributed by atoms with Crippen LogP contribution in [0.1, 0.15) is 27.9 Å². The normalized spacial score (nSPS) is 15.2. The molecule has 0 unspecified atom stereocenters. The molecule has 1 amide bonds. The van der Waals surface area contributed by atoms with Gasteiger partial charge in [0.1, 0.15) is 17.5 Å². The average molecular weight is 459 g/mol. The van der Waals surface area contributed by atoms with Gasteiger partial charge in [-0.15, -0.1) is 0 Å². The summed E-state index contributed by atoms with van der Waals surface area (Å²) in [5.41, 5.74) is 1.46. The number of carbonyl (C=O) groups excluding carboxylic acids is 1. The molecule has 4 nitrogen and oxygen atoms in total. The molecule has 1 atom stereocenters. The van der Waals surface area contributed by atoms with E-state index in [9.17, 15) is 18.0 Å². The van der Waals surface area contributed by atoms with E-state index in [0.717, 1.165) is 17.7 Å². The molecule has 32 heavy (non-hydrogen) atoms. The summed E-state index contributed by atoms with van der Waals surface area (Å²) in [6.45, 7) is -0.153. The van der Waals surface area contributed by atoms with Crippen molar-refractivity contribution < 1.29 is 22.8 Å². The van der Waals surface area contributed by atoms with Gasteiger partial charge in [-0.05, 0) is 35.9 Å². The van der Waals surface area contributed by atoms with Crippen LogP contribution in [0.4, 0.5) is 13.2 Å². The summed E-state index contributed by atoms with van der Waals surface area (Å²) in [5, 5.41) is 4.68. The van der Waals surface area contributed by atoms with E-state index < -0.39 is 29.5 Å². The molecule has 164 valence electrons. The topological polar surface area (TPSA) is 41.9 Å². The van der Waals surface area contributed by atoms with Gasteiger partial charge in [0.2, 0.25) is 0 Å². The molecular weight excluding hydrogens is 441 g/mol. The molecule has 0 radical (unpaired) electrons. The van der Waals surface area contributed by atoms with Gasteiger partial charge in [0.05, 0.1) is 17.8 Å². The van der Waals surface area contributed by atoms with E-state index in [4.69, 9.17) is 16.4 Å². The van der Waals surface area contributed by atoms with Crippen LogP contribution in [0.15, 0.2) is 71.9 Å². The van der Waals surface area contributed by atoms with E-state index in [-0.39, 0.29) is 24.2 Å². The fourth-order valence-electron chi connectivity index (χ4n) is 3.46. The van der Waals surface area contributed by atoms with Crippen LogP contribution in [0.5, 0.6) is 0 Å². The van der Waals surface area contributed by atoms with Gasteiger partial charge in [-0.2, -0.15) is 0 Å². The fourth-order valence-corrected chi connectivity index (χ4v) is 3.59. The number of halogens is 4. The van der Waals surface area contributed by atoms with Crippen molar-refractivity contribution in [2.24, 2.45) is 5.16 Å². The molecule has 0 fully saturated rings. The van der Waals surface area contributed by atoms with E-state index in [1.54, 1.807) is 18.2 Å². The van der Waals surface area contributed by atoms with Crippen molar-refractivity contribution in [3.63, 3.8) is 0 Å². The monoisotopic (exact) mass is 458 g/mol. The van der Waals surface area contributed by atoms with Crippen molar-refractivity contribution in [1.82, 2.24) is 4.90 Å². The van der Waals surface area contributed by atoms with Gasteiger partial charge in [-0.25, -0.2) is 13.2 Å². The van der Waals surface area contributed by atoms with Gasteiger partial charge < -0.3 is 9.74 Å². The Morgan fingerprint density at radius 3 is 2.50 bits per heavy atom. The largest absolute Gasteiger partial charge is 0.390 e.